The van der Waals surface area contributed by atoms with Crippen molar-refractivity contribution in [1.29, 1.82) is 0 Å². The minimum atomic E-state index is -0.0848. The van der Waals surface area contributed by atoms with Gasteiger partial charge in [0.15, 0.2) is 5.16 Å². The van der Waals surface area contributed by atoms with E-state index in [2.05, 4.69) is 0 Å². The fraction of sp³-hybridized carbons (Fsp3) is 0.130. The zero-order valence-electron chi connectivity index (χ0n) is 15.8. The minimum absolute atomic E-state index is 0.0848. The molecule has 0 N–H and O–H groups in total. The van der Waals surface area contributed by atoms with Crippen molar-refractivity contribution in [3.63, 3.8) is 0 Å². The van der Waals surface area contributed by atoms with Crippen LogP contribution in [0, 0.1) is 0 Å². The second-order valence-electron chi connectivity index (χ2n) is 6.39. The van der Waals surface area contributed by atoms with Crippen molar-refractivity contribution in [3.8, 4) is 11.4 Å². The SMILES string of the molecule is CCOc1ccc(-n2c(SCc3ccc(Cl)cc3)nc3ccccc3c2=O)cc1. The number of hydrogen-bond donors (Lipinski definition) is 0. The number of aromatic nitrogens is 2. The molecule has 0 saturated carbocycles. The molecule has 6 heteroatoms. The molecule has 1 aromatic heterocycles. The summed E-state index contributed by atoms with van der Waals surface area (Å²) < 4.78 is 7.19. The first-order valence-corrected chi connectivity index (χ1v) is 10.6. The predicted octanol–water partition coefficient (Wildman–Crippen LogP) is 5.73. The third-order valence-electron chi connectivity index (χ3n) is 4.43. The van der Waals surface area contributed by atoms with E-state index in [1.54, 1.807) is 4.57 Å². The van der Waals surface area contributed by atoms with Gasteiger partial charge in [0.1, 0.15) is 5.75 Å². The summed E-state index contributed by atoms with van der Waals surface area (Å²) in [7, 11) is 0. The Hall–Kier alpha value is -2.76. The van der Waals surface area contributed by atoms with E-state index in [0.717, 1.165) is 17.0 Å². The summed E-state index contributed by atoms with van der Waals surface area (Å²) in [6, 6.07) is 22.6. The zero-order chi connectivity index (χ0) is 20.2. The molecule has 4 aromatic rings. The number of thioether (sulfide) groups is 1. The predicted molar refractivity (Wildman–Crippen MR) is 120 cm³/mol. The summed E-state index contributed by atoms with van der Waals surface area (Å²) >= 11 is 7.50. The molecule has 0 bridgehead atoms. The number of ether oxygens (including phenoxy) is 1. The van der Waals surface area contributed by atoms with Gasteiger partial charge in [-0.3, -0.25) is 9.36 Å². The van der Waals surface area contributed by atoms with Gasteiger partial charge in [-0.05, 0) is 61.0 Å². The standard InChI is InChI=1S/C23H19ClN2O2S/c1-2-28-19-13-11-18(12-14-19)26-22(27)20-5-3-4-6-21(20)25-23(26)29-15-16-7-9-17(24)10-8-16/h3-14H,2,15H2,1H3. The van der Waals surface area contributed by atoms with Gasteiger partial charge in [0, 0.05) is 10.8 Å². The molecule has 1 heterocycles. The maximum atomic E-state index is 13.3. The average Bonchev–Trinajstić information content (AvgIpc) is 2.75. The lowest BCUT2D eigenvalue weighted by Crippen LogP contribution is -2.21. The van der Waals surface area contributed by atoms with Crippen LogP contribution < -0.4 is 10.3 Å². The van der Waals surface area contributed by atoms with Gasteiger partial charge < -0.3 is 4.74 Å². The summed E-state index contributed by atoms with van der Waals surface area (Å²) in [5.41, 5.74) is 2.48. The van der Waals surface area contributed by atoms with E-state index in [1.807, 2.05) is 79.7 Å². The maximum Gasteiger partial charge on any atom is 0.266 e. The quantitative estimate of drug-likeness (QED) is 0.294. The van der Waals surface area contributed by atoms with Crippen LogP contribution in [0.4, 0.5) is 0 Å². The van der Waals surface area contributed by atoms with E-state index in [-0.39, 0.29) is 5.56 Å². The van der Waals surface area contributed by atoms with Crippen LogP contribution in [-0.2, 0) is 5.75 Å². The van der Waals surface area contributed by atoms with Crippen LogP contribution in [0.1, 0.15) is 12.5 Å². The molecule has 146 valence electrons. The highest BCUT2D eigenvalue weighted by atomic mass is 35.5. The molecule has 0 fully saturated rings. The number of para-hydroxylation sites is 1. The number of hydrogen-bond acceptors (Lipinski definition) is 4. The summed E-state index contributed by atoms with van der Waals surface area (Å²) in [4.78, 5) is 18.0. The van der Waals surface area contributed by atoms with E-state index in [4.69, 9.17) is 21.3 Å². The molecule has 0 aliphatic heterocycles. The van der Waals surface area contributed by atoms with Crippen LogP contribution in [0.15, 0.2) is 82.7 Å². The Morgan fingerprint density at radius 1 is 1.00 bits per heavy atom. The van der Waals surface area contributed by atoms with E-state index in [0.29, 0.717) is 33.4 Å². The summed E-state index contributed by atoms with van der Waals surface area (Å²) in [5, 5.41) is 1.94. The molecule has 0 amide bonds. The highest BCUT2D eigenvalue weighted by Crippen LogP contribution is 2.26. The van der Waals surface area contributed by atoms with Crippen molar-refractivity contribution in [1.82, 2.24) is 9.55 Å². The molecule has 0 aliphatic rings. The molecule has 0 saturated heterocycles. The number of rotatable bonds is 6. The minimum Gasteiger partial charge on any atom is -0.494 e. The van der Waals surface area contributed by atoms with Crippen LogP contribution in [0.25, 0.3) is 16.6 Å². The van der Waals surface area contributed by atoms with Gasteiger partial charge in [-0.2, -0.15) is 0 Å². The van der Waals surface area contributed by atoms with Crippen LogP contribution in [0.5, 0.6) is 5.75 Å². The zero-order valence-corrected chi connectivity index (χ0v) is 17.4. The molecule has 4 nitrogen and oxygen atoms in total. The monoisotopic (exact) mass is 422 g/mol. The van der Waals surface area contributed by atoms with Crippen molar-refractivity contribution in [2.75, 3.05) is 6.61 Å². The van der Waals surface area contributed by atoms with E-state index < -0.39 is 0 Å². The lowest BCUT2D eigenvalue weighted by molar-refractivity contribution is 0.340. The molecule has 0 spiro atoms. The topological polar surface area (TPSA) is 44.1 Å². The molecule has 0 radical (unpaired) electrons. The number of fused-ring (bicyclic) bond motifs is 1. The average molecular weight is 423 g/mol. The molecule has 0 atom stereocenters. The van der Waals surface area contributed by atoms with Gasteiger partial charge in [0.05, 0.1) is 23.2 Å². The first kappa shape index (κ1) is 19.6. The van der Waals surface area contributed by atoms with E-state index in [9.17, 15) is 4.79 Å². The Labute approximate surface area is 178 Å². The van der Waals surface area contributed by atoms with Crippen molar-refractivity contribution < 1.29 is 4.74 Å². The van der Waals surface area contributed by atoms with Crippen molar-refractivity contribution in [2.24, 2.45) is 0 Å². The largest absolute Gasteiger partial charge is 0.494 e. The smallest absolute Gasteiger partial charge is 0.266 e. The Balaban J connectivity index is 1.77. The highest BCUT2D eigenvalue weighted by molar-refractivity contribution is 7.98. The second-order valence-corrected chi connectivity index (χ2v) is 7.77. The third-order valence-corrected chi connectivity index (χ3v) is 5.69. The Morgan fingerprint density at radius 3 is 2.45 bits per heavy atom. The van der Waals surface area contributed by atoms with Crippen LogP contribution in [-0.4, -0.2) is 16.2 Å². The fourth-order valence-corrected chi connectivity index (χ4v) is 4.12. The molecule has 3 aromatic carbocycles. The third kappa shape index (κ3) is 4.31. The van der Waals surface area contributed by atoms with Crippen LogP contribution >= 0.6 is 23.4 Å². The van der Waals surface area contributed by atoms with Crippen molar-refractivity contribution >= 4 is 34.3 Å². The molecule has 0 aliphatic carbocycles. The van der Waals surface area contributed by atoms with Crippen LogP contribution in [0.2, 0.25) is 5.02 Å². The second kappa shape index (κ2) is 8.72. The van der Waals surface area contributed by atoms with Gasteiger partial charge in [-0.15, -0.1) is 0 Å². The lowest BCUT2D eigenvalue weighted by atomic mass is 10.2. The van der Waals surface area contributed by atoms with Crippen molar-refractivity contribution in [2.45, 2.75) is 17.8 Å². The number of halogens is 1. The summed E-state index contributed by atoms with van der Waals surface area (Å²) in [5.74, 6) is 1.45. The molecule has 4 rings (SSSR count). The van der Waals surface area contributed by atoms with E-state index >= 15 is 0 Å². The first-order valence-electron chi connectivity index (χ1n) is 9.28. The Kier molecular flexibility index (Phi) is 5.88. The fourth-order valence-electron chi connectivity index (χ4n) is 3.02. The Morgan fingerprint density at radius 2 is 1.72 bits per heavy atom. The molecular weight excluding hydrogens is 404 g/mol. The number of benzene rings is 3. The normalized spacial score (nSPS) is 11.0. The van der Waals surface area contributed by atoms with Gasteiger partial charge in [0.25, 0.3) is 5.56 Å². The van der Waals surface area contributed by atoms with Gasteiger partial charge in [-0.1, -0.05) is 47.6 Å². The van der Waals surface area contributed by atoms with Crippen LogP contribution in [0.3, 0.4) is 0 Å². The van der Waals surface area contributed by atoms with Gasteiger partial charge >= 0.3 is 0 Å². The number of nitrogens with zero attached hydrogens (tertiary/aromatic N) is 2. The molecule has 29 heavy (non-hydrogen) atoms. The Bertz CT molecular complexity index is 1190. The van der Waals surface area contributed by atoms with E-state index in [1.165, 1.54) is 11.8 Å². The lowest BCUT2D eigenvalue weighted by Gasteiger charge is -2.14. The summed E-state index contributed by atoms with van der Waals surface area (Å²) in [6.07, 6.45) is 0. The first-order chi connectivity index (χ1) is 14.2. The van der Waals surface area contributed by atoms with Gasteiger partial charge in [0.2, 0.25) is 0 Å². The maximum absolute atomic E-state index is 13.3. The highest BCUT2D eigenvalue weighted by Gasteiger charge is 2.13. The summed E-state index contributed by atoms with van der Waals surface area (Å²) in [6.45, 7) is 2.54. The molecular formula is C23H19ClN2O2S. The van der Waals surface area contributed by atoms with Gasteiger partial charge in [-0.25, -0.2) is 4.98 Å². The van der Waals surface area contributed by atoms with Crippen molar-refractivity contribution in [3.05, 3.63) is 93.7 Å². The molecule has 0 unspecified atom stereocenters.